The average Bonchev–Trinajstić information content (AvgIpc) is 2.80. The lowest BCUT2D eigenvalue weighted by atomic mass is 9.86. The fraction of sp³-hybridized carbons (Fsp3) is 0.600. The van der Waals surface area contributed by atoms with E-state index < -0.39 is 0 Å². The zero-order valence-corrected chi connectivity index (χ0v) is 11.5. The molecule has 0 saturated carbocycles. The van der Waals surface area contributed by atoms with Gasteiger partial charge in [0.05, 0.1) is 12.6 Å². The first-order chi connectivity index (χ1) is 9.29. The van der Waals surface area contributed by atoms with E-state index in [9.17, 15) is 0 Å². The smallest absolute Gasteiger partial charge is 0.122 e. The second-order valence-corrected chi connectivity index (χ2v) is 5.62. The highest BCUT2D eigenvalue weighted by Gasteiger charge is 2.33. The Kier molecular flexibility index (Phi) is 3.73. The van der Waals surface area contributed by atoms with Crippen molar-refractivity contribution in [3.8, 4) is 5.75 Å². The summed E-state index contributed by atoms with van der Waals surface area (Å²) in [6, 6.07) is 7.42. The topological polar surface area (TPSA) is 59.3 Å². The van der Waals surface area contributed by atoms with E-state index in [4.69, 9.17) is 10.5 Å². The molecule has 19 heavy (non-hydrogen) atoms. The van der Waals surface area contributed by atoms with Gasteiger partial charge in [0.1, 0.15) is 5.75 Å². The summed E-state index contributed by atoms with van der Waals surface area (Å²) < 4.78 is 5.68. The lowest BCUT2D eigenvalue weighted by Gasteiger charge is -2.23. The molecule has 3 rings (SSSR count). The van der Waals surface area contributed by atoms with E-state index in [-0.39, 0.29) is 0 Å². The van der Waals surface area contributed by atoms with Crippen molar-refractivity contribution >= 4 is 0 Å². The molecule has 3 unspecified atom stereocenters. The largest absolute Gasteiger partial charge is 0.493 e. The van der Waals surface area contributed by atoms with Crippen LogP contribution in [-0.2, 0) is 6.42 Å². The van der Waals surface area contributed by atoms with Crippen LogP contribution in [0, 0.1) is 5.92 Å². The van der Waals surface area contributed by atoms with Crippen LogP contribution in [0.1, 0.15) is 36.9 Å². The van der Waals surface area contributed by atoms with Gasteiger partial charge in [0, 0.05) is 6.04 Å². The number of rotatable bonds is 3. The summed E-state index contributed by atoms with van der Waals surface area (Å²) in [5.41, 5.74) is 15.2. The van der Waals surface area contributed by atoms with Gasteiger partial charge in [-0.15, -0.1) is 0 Å². The fourth-order valence-corrected chi connectivity index (χ4v) is 3.24. The standard InChI is InChI=1S/C15H23N3O/c1-10-13(6-7-16)15(18-17-10)12-4-5-14-11(9-12)3-2-8-19-14/h4-5,9-10,13,15,17-18H,2-3,6-8,16H2,1H3. The maximum absolute atomic E-state index is 5.75. The molecular weight excluding hydrogens is 238 g/mol. The molecular formula is C15H23N3O. The van der Waals surface area contributed by atoms with E-state index in [0.717, 1.165) is 38.2 Å². The predicted octanol–water partition coefficient (Wildman–Crippen LogP) is 1.51. The van der Waals surface area contributed by atoms with Crippen LogP contribution in [0.15, 0.2) is 18.2 Å². The highest BCUT2D eigenvalue weighted by molar-refractivity contribution is 5.40. The third-order valence-corrected chi connectivity index (χ3v) is 4.33. The first-order valence-corrected chi connectivity index (χ1v) is 7.26. The van der Waals surface area contributed by atoms with Crippen LogP contribution in [0.5, 0.6) is 5.75 Å². The molecule has 1 saturated heterocycles. The zero-order valence-electron chi connectivity index (χ0n) is 11.5. The second-order valence-electron chi connectivity index (χ2n) is 5.62. The van der Waals surface area contributed by atoms with Gasteiger partial charge in [-0.3, -0.25) is 5.43 Å². The minimum Gasteiger partial charge on any atom is -0.493 e. The first kappa shape index (κ1) is 12.9. The Balaban J connectivity index is 1.85. The van der Waals surface area contributed by atoms with Crippen LogP contribution >= 0.6 is 0 Å². The van der Waals surface area contributed by atoms with Crippen LogP contribution in [-0.4, -0.2) is 19.2 Å². The Morgan fingerprint density at radius 2 is 2.26 bits per heavy atom. The monoisotopic (exact) mass is 261 g/mol. The molecule has 0 aromatic heterocycles. The molecule has 4 heteroatoms. The Morgan fingerprint density at radius 3 is 3.11 bits per heavy atom. The molecule has 1 aromatic rings. The average molecular weight is 261 g/mol. The maximum atomic E-state index is 5.75. The number of aryl methyl sites for hydroxylation is 1. The number of benzene rings is 1. The summed E-state index contributed by atoms with van der Waals surface area (Å²) in [6.45, 7) is 3.81. The maximum Gasteiger partial charge on any atom is 0.122 e. The van der Waals surface area contributed by atoms with Gasteiger partial charge in [-0.1, -0.05) is 12.1 Å². The van der Waals surface area contributed by atoms with Crippen molar-refractivity contribution in [3.63, 3.8) is 0 Å². The zero-order chi connectivity index (χ0) is 13.2. The molecule has 0 aliphatic carbocycles. The third-order valence-electron chi connectivity index (χ3n) is 4.33. The molecule has 3 atom stereocenters. The Labute approximate surface area is 114 Å². The highest BCUT2D eigenvalue weighted by atomic mass is 16.5. The predicted molar refractivity (Wildman–Crippen MR) is 75.9 cm³/mol. The van der Waals surface area contributed by atoms with Crippen molar-refractivity contribution in [2.45, 2.75) is 38.3 Å². The number of nitrogens with two attached hydrogens (primary N) is 1. The SMILES string of the molecule is CC1NNC(c2ccc3c(c2)CCCO3)C1CCN. The van der Waals surface area contributed by atoms with Crippen molar-refractivity contribution in [1.82, 2.24) is 10.9 Å². The number of fused-ring (bicyclic) bond motifs is 1. The van der Waals surface area contributed by atoms with Gasteiger partial charge in [-0.2, -0.15) is 0 Å². The molecule has 0 radical (unpaired) electrons. The quantitative estimate of drug-likeness (QED) is 0.772. The van der Waals surface area contributed by atoms with E-state index in [1.807, 2.05) is 0 Å². The van der Waals surface area contributed by atoms with Gasteiger partial charge in [-0.05, 0) is 55.8 Å². The molecule has 1 fully saturated rings. The van der Waals surface area contributed by atoms with Crippen molar-refractivity contribution in [2.24, 2.45) is 11.7 Å². The molecule has 4 N–H and O–H groups in total. The minimum absolute atomic E-state index is 0.353. The molecule has 0 spiro atoms. The number of hydrogen-bond acceptors (Lipinski definition) is 4. The third kappa shape index (κ3) is 2.48. The van der Waals surface area contributed by atoms with E-state index in [1.54, 1.807) is 0 Å². The highest BCUT2D eigenvalue weighted by Crippen LogP contribution is 2.34. The summed E-state index contributed by atoms with van der Waals surface area (Å²) in [6.07, 6.45) is 3.29. The molecule has 4 nitrogen and oxygen atoms in total. The van der Waals surface area contributed by atoms with Gasteiger partial charge in [0.25, 0.3) is 0 Å². The normalized spacial score (nSPS) is 29.9. The van der Waals surface area contributed by atoms with Crippen LogP contribution in [0.25, 0.3) is 0 Å². The van der Waals surface area contributed by atoms with E-state index in [1.165, 1.54) is 11.1 Å². The molecule has 0 amide bonds. The number of hydrogen-bond donors (Lipinski definition) is 3. The number of hydrazine groups is 1. The molecule has 2 heterocycles. The van der Waals surface area contributed by atoms with E-state index in [0.29, 0.717) is 18.0 Å². The van der Waals surface area contributed by atoms with Crippen molar-refractivity contribution in [2.75, 3.05) is 13.2 Å². The summed E-state index contributed by atoms with van der Waals surface area (Å²) >= 11 is 0. The van der Waals surface area contributed by atoms with Crippen molar-refractivity contribution in [1.29, 1.82) is 0 Å². The van der Waals surface area contributed by atoms with E-state index in [2.05, 4.69) is 36.0 Å². The van der Waals surface area contributed by atoms with Gasteiger partial charge in [0.2, 0.25) is 0 Å². The van der Waals surface area contributed by atoms with Gasteiger partial charge >= 0.3 is 0 Å². The molecule has 1 aromatic carbocycles. The molecule has 2 aliphatic heterocycles. The van der Waals surface area contributed by atoms with Gasteiger partial charge in [0.15, 0.2) is 0 Å². The fourth-order valence-electron chi connectivity index (χ4n) is 3.24. The Hall–Kier alpha value is -1.10. The number of nitrogens with one attached hydrogen (secondary N) is 2. The van der Waals surface area contributed by atoms with Crippen LogP contribution in [0.3, 0.4) is 0 Å². The van der Waals surface area contributed by atoms with Crippen molar-refractivity contribution < 1.29 is 4.74 Å². The molecule has 0 bridgehead atoms. The van der Waals surface area contributed by atoms with Gasteiger partial charge in [-0.25, -0.2) is 5.43 Å². The molecule has 2 aliphatic rings. The van der Waals surface area contributed by atoms with Crippen molar-refractivity contribution in [3.05, 3.63) is 29.3 Å². The first-order valence-electron chi connectivity index (χ1n) is 7.26. The summed E-state index contributed by atoms with van der Waals surface area (Å²) in [7, 11) is 0. The van der Waals surface area contributed by atoms with E-state index >= 15 is 0 Å². The second kappa shape index (κ2) is 5.49. The van der Waals surface area contributed by atoms with Gasteiger partial charge < -0.3 is 10.5 Å². The molecule has 104 valence electrons. The summed E-state index contributed by atoms with van der Waals surface area (Å²) in [5.74, 6) is 1.61. The lowest BCUT2D eigenvalue weighted by molar-refractivity contribution is 0.288. The summed E-state index contributed by atoms with van der Waals surface area (Å²) in [4.78, 5) is 0. The van der Waals surface area contributed by atoms with Crippen LogP contribution < -0.4 is 21.3 Å². The van der Waals surface area contributed by atoms with Crippen LogP contribution in [0.4, 0.5) is 0 Å². The Bertz CT molecular complexity index is 449. The number of ether oxygens (including phenoxy) is 1. The summed E-state index contributed by atoms with van der Waals surface area (Å²) in [5, 5.41) is 0. The van der Waals surface area contributed by atoms with Crippen LogP contribution in [0.2, 0.25) is 0 Å². The lowest BCUT2D eigenvalue weighted by Crippen LogP contribution is -2.29. The minimum atomic E-state index is 0.353. The Morgan fingerprint density at radius 1 is 1.37 bits per heavy atom.